The van der Waals surface area contributed by atoms with Crippen LogP contribution in [-0.4, -0.2) is 29.7 Å². The van der Waals surface area contributed by atoms with Gasteiger partial charge in [0.15, 0.2) is 0 Å². The highest BCUT2D eigenvalue weighted by Crippen LogP contribution is 2.45. The van der Waals surface area contributed by atoms with Gasteiger partial charge in [-0.15, -0.1) is 0 Å². The number of ether oxygens (including phenoxy) is 1. The SMILES string of the molecule is CCCCCCCCCCCCCCCC1=CC2CCCC(C1)N2C(=O)OCC1c2ccccc2-c2ccccc21. The summed E-state index contributed by atoms with van der Waals surface area (Å²) < 4.78 is 6.09. The van der Waals surface area contributed by atoms with E-state index in [1.807, 2.05) is 0 Å². The molecule has 3 heteroatoms. The molecule has 1 amide bonds. The van der Waals surface area contributed by atoms with Crippen LogP contribution in [-0.2, 0) is 4.74 Å². The van der Waals surface area contributed by atoms with Gasteiger partial charge in [0.05, 0.1) is 6.04 Å². The molecule has 0 spiro atoms. The summed E-state index contributed by atoms with van der Waals surface area (Å²) in [4.78, 5) is 15.5. The molecule has 5 rings (SSSR count). The molecular weight excluding hydrogens is 502 g/mol. The Labute approximate surface area is 249 Å². The Morgan fingerprint density at radius 2 is 1.32 bits per heavy atom. The molecule has 2 heterocycles. The number of fused-ring (bicyclic) bond motifs is 5. The van der Waals surface area contributed by atoms with Gasteiger partial charge in [-0.05, 0) is 60.8 Å². The average Bonchev–Trinajstić information content (AvgIpc) is 3.31. The Kier molecular flexibility index (Phi) is 11.4. The standard InChI is InChI=1S/C38H53NO2/c1-2-3-4-5-6-7-8-9-10-11-12-13-14-20-30-27-31-21-19-22-32(28-30)39(31)38(40)41-29-37-35-25-17-15-23-33(35)34-24-16-18-26-36(34)37/h15-18,23-27,31-32,37H,2-14,19-22,28-29H2,1H3. The zero-order chi connectivity index (χ0) is 28.3. The Bertz CT molecular complexity index is 1090. The lowest BCUT2D eigenvalue weighted by Gasteiger charge is -2.44. The molecule has 0 N–H and O–H groups in total. The van der Waals surface area contributed by atoms with E-state index < -0.39 is 0 Å². The number of piperidine rings is 1. The van der Waals surface area contributed by atoms with Crippen LogP contribution >= 0.6 is 0 Å². The summed E-state index contributed by atoms with van der Waals surface area (Å²) in [6, 6.07) is 17.7. The van der Waals surface area contributed by atoms with E-state index in [1.165, 1.54) is 119 Å². The number of carbonyl (C=O) groups is 1. The number of rotatable bonds is 16. The fraction of sp³-hybridized carbons (Fsp3) is 0.605. The molecule has 2 bridgehead atoms. The van der Waals surface area contributed by atoms with Crippen LogP contribution in [0.5, 0.6) is 0 Å². The predicted octanol–water partition coefficient (Wildman–Crippen LogP) is 11.0. The van der Waals surface area contributed by atoms with Gasteiger partial charge in [-0.25, -0.2) is 4.79 Å². The summed E-state index contributed by atoms with van der Waals surface area (Å²) in [6.45, 7) is 2.71. The highest BCUT2D eigenvalue weighted by Gasteiger charge is 2.38. The average molecular weight is 556 g/mol. The van der Waals surface area contributed by atoms with Crippen molar-refractivity contribution in [2.75, 3.05) is 6.61 Å². The van der Waals surface area contributed by atoms with E-state index in [0.29, 0.717) is 12.6 Å². The summed E-state index contributed by atoms with van der Waals surface area (Å²) in [5.74, 6) is 0.123. The molecule has 1 fully saturated rings. The molecule has 3 aliphatic rings. The molecule has 0 radical (unpaired) electrons. The lowest BCUT2D eigenvalue weighted by molar-refractivity contribution is 0.0507. The van der Waals surface area contributed by atoms with Gasteiger partial charge >= 0.3 is 6.09 Å². The molecule has 2 aliphatic heterocycles. The van der Waals surface area contributed by atoms with Crippen molar-refractivity contribution in [1.29, 1.82) is 0 Å². The molecular formula is C38H53NO2. The van der Waals surface area contributed by atoms with E-state index in [2.05, 4.69) is 66.4 Å². The minimum atomic E-state index is -0.113. The third-order valence-corrected chi connectivity index (χ3v) is 9.86. The van der Waals surface area contributed by atoms with Crippen molar-refractivity contribution in [3.8, 4) is 11.1 Å². The van der Waals surface area contributed by atoms with Crippen LogP contribution in [0, 0.1) is 0 Å². The lowest BCUT2D eigenvalue weighted by atomic mass is 9.84. The van der Waals surface area contributed by atoms with Gasteiger partial charge in [0, 0.05) is 12.0 Å². The summed E-state index contributed by atoms with van der Waals surface area (Å²) in [6.07, 6.45) is 26.2. The Morgan fingerprint density at radius 3 is 1.90 bits per heavy atom. The van der Waals surface area contributed by atoms with Gasteiger partial charge in [-0.1, -0.05) is 144 Å². The van der Waals surface area contributed by atoms with E-state index in [-0.39, 0.29) is 18.1 Å². The van der Waals surface area contributed by atoms with Gasteiger partial charge in [-0.2, -0.15) is 0 Å². The molecule has 3 nitrogen and oxygen atoms in total. The predicted molar refractivity (Wildman–Crippen MR) is 171 cm³/mol. The third-order valence-electron chi connectivity index (χ3n) is 9.86. The molecule has 2 aromatic rings. The Morgan fingerprint density at radius 1 is 0.756 bits per heavy atom. The summed E-state index contributed by atoms with van der Waals surface area (Å²) in [7, 11) is 0. The van der Waals surface area contributed by atoms with Crippen LogP contribution in [0.3, 0.4) is 0 Å². The number of unbranched alkanes of at least 4 members (excludes halogenated alkanes) is 12. The fourth-order valence-corrected chi connectivity index (χ4v) is 7.63. The third kappa shape index (κ3) is 7.85. The van der Waals surface area contributed by atoms with Crippen molar-refractivity contribution in [3.63, 3.8) is 0 Å². The molecule has 0 saturated carbocycles. The smallest absolute Gasteiger partial charge is 0.410 e. The summed E-state index contributed by atoms with van der Waals surface area (Å²) in [5, 5.41) is 0. The highest BCUT2D eigenvalue weighted by atomic mass is 16.6. The second kappa shape index (κ2) is 15.6. The first-order valence-electron chi connectivity index (χ1n) is 17.1. The summed E-state index contributed by atoms with van der Waals surface area (Å²) >= 11 is 0. The normalized spacial score (nSPS) is 19.5. The van der Waals surface area contributed by atoms with E-state index in [4.69, 9.17) is 4.74 Å². The molecule has 0 aromatic heterocycles. The van der Waals surface area contributed by atoms with Crippen LogP contribution in [0.2, 0.25) is 0 Å². The minimum absolute atomic E-state index is 0.113. The minimum Gasteiger partial charge on any atom is -0.448 e. The van der Waals surface area contributed by atoms with Crippen LogP contribution in [0.25, 0.3) is 11.1 Å². The zero-order valence-corrected chi connectivity index (χ0v) is 25.6. The largest absolute Gasteiger partial charge is 0.448 e. The van der Waals surface area contributed by atoms with E-state index in [0.717, 1.165) is 19.3 Å². The maximum atomic E-state index is 13.5. The number of hydrogen-bond acceptors (Lipinski definition) is 2. The van der Waals surface area contributed by atoms with Crippen molar-refractivity contribution in [2.24, 2.45) is 0 Å². The first-order valence-corrected chi connectivity index (χ1v) is 17.1. The first kappa shape index (κ1) is 29.9. The molecule has 2 aromatic carbocycles. The summed E-state index contributed by atoms with van der Waals surface area (Å²) in [5.41, 5.74) is 6.70. The highest BCUT2D eigenvalue weighted by molar-refractivity contribution is 5.79. The number of carbonyl (C=O) groups excluding carboxylic acids is 1. The lowest BCUT2D eigenvalue weighted by Crippen LogP contribution is -2.52. The Hall–Kier alpha value is -2.55. The van der Waals surface area contributed by atoms with Gasteiger partial charge in [-0.3, -0.25) is 4.90 Å². The van der Waals surface area contributed by atoms with Crippen LogP contribution < -0.4 is 0 Å². The number of amides is 1. The van der Waals surface area contributed by atoms with Gasteiger partial charge in [0.1, 0.15) is 6.61 Å². The molecule has 222 valence electrons. The van der Waals surface area contributed by atoms with Crippen LogP contribution in [0.4, 0.5) is 4.79 Å². The fourth-order valence-electron chi connectivity index (χ4n) is 7.63. The number of benzene rings is 2. The van der Waals surface area contributed by atoms with Crippen molar-refractivity contribution < 1.29 is 9.53 Å². The molecule has 1 aliphatic carbocycles. The molecule has 1 saturated heterocycles. The van der Waals surface area contributed by atoms with Crippen molar-refractivity contribution in [3.05, 3.63) is 71.3 Å². The van der Waals surface area contributed by atoms with Crippen molar-refractivity contribution in [2.45, 2.75) is 141 Å². The monoisotopic (exact) mass is 555 g/mol. The van der Waals surface area contributed by atoms with E-state index in [9.17, 15) is 4.79 Å². The molecule has 2 unspecified atom stereocenters. The van der Waals surface area contributed by atoms with Gasteiger partial charge < -0.3 is 4.74 Å². The van der Waals surface area contributed by atoms with E-state index in [1.54, 1.807) is 5.57 Å². The maximum absolute atomic E-state index is 13.5. The van der Waals surface area contributed by atoms with Crippen molar-refractivity contribution >= 4 is 6.09 Å². The van der Waals surface area contributed by atoms with E-state index >= 15 is 0 Å². The molecule has 41 heavy (non-hydrogen) atoms. The van der Waals surface area contributed by atoms with Gasteiger partial charge in [0.2, 0.25) is 0 Å². The first-order chi connectivity index (χ1) is 20.3. The topological polar surface area (TPSA) is 29.5 Å². The van der Waals surface area contributed by atoms with Crippen LogP contribution in [0.1, 0.15) is 140 Å². The maximum Gasteiger partial charge on any atom is 0.410 e. The second-order valence-electron chi connectivity index (χ2n) is 12.9. The molecule has 2 atom stereocenters. The van der Waals surface area contributed by atoms with Crippen molar-refractivity contribution in [1.82, 2.24) is 4.90 Å². The second-order valence-corrected chi connectivity index (χ2v) is 12.9. The number of nitrogens with zero attached hydrogens (tertiary/aromatic N) is 1. The quantitative estimate of drug-likeness (QED) is 0.152. The van der Waals surface area contributed by atoms with Crippen LogP contribution in [0.15, 0.2) is 60.2 Å². The number of hydrogen-bond donors (Lipinski definition) is 0. The Balaban J connectivity index is 1.02. The van der Waals surface area contributed by atoms with Gasteiger partial charge in [0.25, 0.3) is 0 Å². The zero-order valence-electron chi connectivity index (χ0n) is 25.6.